The number of rotatable bonds is 2. The molecule has 1 N–H and O–H groups in total. The highest BCUT2D eigenvalue weighted by atomic mass is 79.9. The summed E-state index contributed by atoms with van der Waals surface area (Å²) in [5.41, 5.74) is -0.125. The molecular formula is C11H13BrN2O2. The summed E-state index contributed by atoms with van der Waals surface area (Å²) in [6, 6.07) is 3.46. The van der Waals surface area contributed by atoms with Crippen molar-refractivity contribution in [2.75, 3.05) is 13.1 Å². The van der Waals surface area contributed by atoms with E-state index in [0.717, 1.165) is 0 Å². The molecule has 1 amide bonds. The Hall–Kier alpha value is -0.940. The van der Waals surface area contributed by atoms with Crippen molar-refractivity contribution < 1.29 is 9.90 Å². The number of aliphatic hydroxyl groups is 1. The van der Waals surface area contributed by atoms with Crippen molar-refractivity contribution in [3.05, 3.63) is 28.5 Å². The second-order valence-electron chi connectivity index (χ2n) is 4.11. The molecule has 1 saturated heterocycles. The zero-order valence-corrected chi connectivity index (χ0v) is 10.6. The molecule has 0 spiro atoms. The minimum absolute atomic E-state index is 0.0712. The minimum Gasteiger partial charge on any atom is -0.386 e. The third-order valence-corrected chi connectivity index (χ3v) is 3.36. The van der Waals surface area contributed by atoms with Crippen molar-refractivity contribution in [3.8, 4) is 0 Å². The smallest absolute Gasteiger partial charge is 0.255 e. The van der Waals surface area contributed by atoms with Gasteiger partial charge in [0.05, 0.1) is 24.3 Å². The number of amides is 1. The lowest BCUT2D eigenvalue weighted by molar-refractivity contribution is -0.0826. The van der Waals surface area contributed by atoms with Crippen LogP contribution in [0.1, 0.15) is 23.7 Å². The average molecular weight is 285 g/mol. The largest absolute Gasteiger partial charge is 0.386 e. The molecule has 5 heteroatoms. The van der Waals surface area contributed by atoms with Crippen LogP contribution in [0.5, 0.6) is 0 Å². The lowest BCUT2D eigenvalue weighted by atomic mass is 9.91. The molecule has 4 nitrogen and oxygen atoms in total. The normalized spacial score (nSPS) is 18.1. The van der Waals surface area contributed by atoms with Crippen LogP contribution in [0.3, 0.4) is 0 Å². The molecule has 0 unspecified atom stereocenters. The molecule has 2 rings (SSSR count). The Morgan fingerprint density at radius 1 is 1.62 bits per heavy atom. The molecule has 0 atom stereocenters. The van der Waals surface area contributed by atoms with Gasteiger partial charge in [-0.3, -0.25) is 4.79 Å². The van der Waals surface area contributed by atoms with E-state index in [9.17, 15) is 9.90 Å². The highest BCUT2D eigenvalue weighted by Crippen LogP contribution is 2.25. The number of β-amino-alcohol motifs (C(OH)–C–C–N with tert-alkyl or cyclic N) is 1. The summed E-state index contributed by atoms with van der Waals surface area (Å²) >= 11 is 3.22. The first kappa shape index (κ1) is 11.5. The molecule has 0 aliphatic carbocycles. The van der Waals surface area contributed by atoms with Crippen LogP contribution >= 0.6 is 15.9 Å². The van der Waals surface area contributed by atoms with Crippen molar-refractivity contribution in [1.29, 1.82) is 0 Å². The quantitative estimate of drug-likeness (QED) is 0.837. The number of pyridine rings is 1. The Morgan fingerprint density at radius 3 is 2.81 bits per heavy atom. The molecular weight excluding hydrogens is 272 g/mol. The average Bonchev–Trinajstić information content (AvgIpc) is 2.25. The molecule has 0 radical (unpaired) electrons. The van der Waals surface area contributed by atoms with E-state index in [1.165, 1.54) is 6.20 Å². The van der Waals surface area contributed by atoms with Crippen molar-refractivity contribution in [3.63, 3.8) is 0 Å². The van der Waals surface area contributed by atoms with Crippen LogP contribution in [-0.4, -0.2) is 39.6 Å². The Bertz CT molecular complexity index is 399. The van der Waals surface area contributed by atoms with Crippen LogP contribution in [0.2, 0.25) is 0 Å². The third-order valence-electron chi connectivity index (χ3n) is 2.89. The van der Waals surface area contributed by atoms with Crippen molar-refractivity contribution in [1.82, 2.24) is 9.88 Å². The molecule has 0 bridgehead atoms. The fourth-order valence-electron chi connectivity index (χ4n) is 1.72. The number of hydrogen-bond donors (Lipinski definition) is 1. The van der Waals surface area contributed by atoms with Crippen LogP contribution in [0.25, 0.3) is 0 Å². The number of halogens is 1. The SMILES string of the molecule is CCC1(O)CN(C(=O)c2ccc(Br)nc2)C1. The maximum absolute atomic E-state index is 11.9. The van der Waals surface area contributed by atoms with Gasteiger partial charge in [-0.25, -0.2) is 4.98 Å². The van der Waals surface area contributed by atoms with Gasteiger partial charge in [0.25, 0.3) is 5.91 Å². The summed E-state index contributed by atoms with van der Waals surface area (Å²) in [5.74, 6) is -0.0712. The molecule has 1 fully saturated rings. The molecule has 0 saturated carbocycles. The highest BCUT2D eigenvalue weighted by Gasteiger charge is 2.42. The summed E-state index contributed by atoms with van der Waals surface area (Å²) in [7, 11) is 0. The molecule has 0 aromatic carbocycles. The first-order valence-electron chi connectivity index (χ1n) is 5.17. The van der Waals surface area contributed by atoms with Gasteiger partial charge in [-0.1, -0.05) is 6.92 Å². The van der Waals surface area contributed by atoms with Gasteiger partial charge in [-0.15, -0.1) is 0 Å². The summed E-state index contributed by atoms with van der Waals surface area (Å²) in [6.07, 6.45) is 2.21. The van der Waals surface area contributed by atoms with Crippen LogP contribution in [0, 0.1) is 0 Å². The van der Waals surface area contributed by atoms with Crippen molar-refractivity contribution >= 4 is 21.8 Å². The van der Waals surface area contributed by atoms with E-state index >= 15 is 0 Å². The van der Waals surface area contributed by atoms with Gasteiger partial charge in [0, 0.05) is 6.20 Å². The highest BCUT2D eigenvalue weighted by molar-refractivity contribution is 9.10. The van der Waals surface area contributed by atoms with E-state index in [4.69, 9.17) is 0 Å². The van der Waals surface area contributed by atoms with Gasteiger partial charge in [-0.05, 0) is 34.5 Å². The number of nitrogens with zero attached hydrogens (tertiary/aromatic N) is 2. The Balaban J connectivity index is 2.03. The van der Waals surface area contributed by atoms with Gasteiger partial charge in [0.2, 0.25) is 0 Å². The fraction of sp³-hybridized carbons (Fsp3) is 0.455. The Labute approximate surface area is 102 Å². The number of likely N-dealkylation sites (tertiary alicyclic amines) is 1. The molecule has 1 aromatic heterocycles. The van der Waals surface area contributed by atoms with Crippen LogP contribution in [0.4, 0.5) is 0 Å². The zero-order chi connectivity index (χ0) is 11.8. The third kappa shape index (κ3) is 2.10. The number of hydrogen-bond acceptors (Lipinski definition) is 3. The summed E-state index contributed by atoms with van der Waals surface area (Å²) in [4.78, 5) is 17.5. The maximum Gasteiger partial charge on any atom is 0.255 e. The maximum atomic E-state index is 11.9. The predicted octanol–water partition coefficient (Wildman–Crippen LogP) is 1.44. The summed E-state index contributed by atoms with van der Waals surface area (Å²) in [5, 5.41) is 9.81. The van der Waals surface area contributed by atoms with Crippen molar-refractivity contribution in [2.45, 2.75) is 18.9 Å². The topological polar surface area (TPSA) is 53.4 Å². The van der Waals surface area contributed by atoms with Crippen LogP contribution in [0.15, 0.2) is 22.9 Å². The molecule has 86 valence electrons. The van der Waals surface area contributed by atoms with Gasteiger partial charge in [-0.2, -0.15) is 0 Å². The van der Waals surface area contributed by atoms with Gasteiger partial charge in [0.1, 0.15) is 4.60 Å². The lowest BCUT2D eigenvalue weighted by Gasteiger charge is -2.46. The predicted molar refractivity (Wildman–Crippen MR) is 63.1 cm³/mol. The standard InChI is InChI=1S/C11H13BrN2O2/c1-2-11(16)6-14(7-11)10(15)8-3-4-9(12)13-5-8/h3-5,16H,2,6-7H2,1H3. The van der Waals surface area contributed by atoms with E-state index in [0.29, 0.717) is 29.7 Å². The molecule has 1 aliphatic rings. The van der Waals surface area contributed by atoms with E-state index in [1.807, 2.05) is 6.92 Å². The molecule has 1 aliphatic heterocycles. The molecule has 1 aromatic rings. The fourth-order valence-corrected chi connectivity index (χ4v) is 1.95. The Kier molecular flexibility index (Phi) is 2.99. The van der Waals surface area contributed by atoms with Crippen LogP contribution < -0.4 is 0 Å². The second kappa shape index (κ2) is 4.14. The monoisotopic (exact) mass is 284 g/mol. The van der Waals surface area contributed by atoms with Gasteiger partial charge in [0.15, 0.2) is 0 Å². The van der Waals surface area contributed by atoms with E-state index < -0.39 is 5.60 Å². The van der Waals surface area contributed by atoms with Crippen molar-refractivity contribution in [2.24, 2.45) is 0 Å². The summed E-state index contributed by atoms with van der Waals surface area (Å²) < 4.78 is 0.706. The lowest BCUT2D eigenvalue weighted by Crippen LogP contribution is -2.63. The molecule has 16 heavy (non-hydrogen) atoms. The number of aromatic nitrogens is 1. The summed E-state index contributed by atoms with van der Waals surface area (Å²) in [6.45, 7) is 2.75. The van der Waals surface area contributed by atoms with E-state index in [1.54, 1.807) is 17.0 Å². The van der Waals surface area contributed by atoms with Gasteiger partial charge >= 0.3 is 0 Å². The first-order chi connectivity index (χ1) is 7.54. The zero-order valence-electron chi connectivity index (χ0n) is 8.98. The first-order valence-corrected chi connectivity index (χ1v) is 5.96. The van der Waals surface area contributed by atoms with Crippen LogP contribution in [-0.2, 0) is 0 Å². The molecule has 2 heterocycles. The Morgan fingerprint density at radius 2 is 2.31 bits per heavy atom. The van der Waals surface area contributed by atoms with Gasteiger partial charge < -0.3 is 10.0 Å². The number of carbonyl (C=O) groups excluding carboxylic acids is 1. The van der Waals surface area contributed by atoms with E-state index in [2.05, 4.69) is 20.9 Å². The second-order valence-corrected chi connectivity index (χ2v) is 4.92. The van der Waals surface area contributed by atoms with E-state index in [-0.39, 0.29) is 5.91 Å². The minimum atomic E-state index is -0.682. The number of carbonyl (C=O) groups is 1.